The van der Waals surface area contributed by atoms with E-state index in [0.29, 0.717) is 46.8 Å². The fourth-order valence-corrected chi connectivity index (χ4v) is 4.89. The Bertz CT molecular complexity index is 1490. The monoisotopic (exact) mass is 469 g/mol. The van der Waals surface area contributed by atoms with Crippen molar-refractivity contribution in [2.75, 3.05) is 24.2 Å². The molecule has 0 amide bonds. The van der Waals surface area contributed by atoms with E-state index in [1.807, 2.05) is 4.90 Å². The number of para-hydroxylation sites is 1. The zero-order valence-electron chi connectivity index (χ0n) is 17.7. The van der Waals surface area contributed by atoms with Crippen molar-refractivity contribution in [1.29, 1.82) is 0 Å². The van der Waals surface area contributed by atoms with Gasteiger partial charge >= 0.3 is 0 Å². The first-order valence-corrected chi connectivity index (χ1v) is 12.2. The van der Waals surface area contributed by atoms with E-state index >= 15 is 0 Å². The van der Waals surface area contributed by atoms with Gasteiger partial charge in [-0.1, -0.05) is 6.07 Å². The van der Waals surface area contributed by atoms with E-state index in [-0.39, 0.29) is 16.5 Å². The molecular weight excluding hydrogens is 448 g/mol. The minimum Gasteiger partial charge on any atom is -0.369 e. The van der Waals surface area contributed by atoms with Crippen molar-refractivity contribution in [3.05, 3.63) is 60.4 Å². The van der Waals surface area contributed by atoms with Crippen molar-refractivity contribution in [2.45, 2.75) is 17.4 Å². The first-order valence-electron chi connectivity index (χ1n) is 10.3. The number of sulfone groups is 1. The third-order valence-electron chi connectivity index (χ3n) is 5.79. The molecule has 2 aromatic heterocycles. The maximum atomic E-state index is 14.4. The highest BCUT2D eigenvalue weighted by Crippen LogP contribution is 2.40. The molecule has 0 saturated carbocycles. The molecular formula is C23H21F2N5O2S. The first-order chi connectivity index (χ1) is 15.7. The molecule has 5 rings (SSSR count). The van der Waals surface area contributed by atoms with Crippen molar-refractivity contribution < 1.29 is 17.2 Å². The smallest absolute Gasteiger partial charge is 0.175 e. The maximum absolute atomic E-state index is 14.4. The van der Waals surface area contributed by atoms with Gasteiger partial charge in [-0.25, -0.2) is 22.2 Å². The fourth-order valence-electron chi connectivity index (χ4n) is 4.23. The average molecular weight is 470 g/mol. The van der Waals surface area contributed by atoms with E-state index in [1.54, 1.807) is 24.5 Å². The Labute approximate surface area is 189 Å². The number of hydrogen-bond donors (Lipinski definition) is 2. The Balaban J connectivity index is 1.76. The third kappa shape index (κ3) is 3.96. The quantitative estimate of drug-likeness (QED) is 0.474. The summed E-state index contributed by atoms with van der Waals surface area (Å²) in [5.74, 6) is -0.723. The van der Waals surface area contributed by atoms with Gasteiger partial charge in [0.15, 0.2) is 15.7 Å². The predicted molar refractivity (Wildman–Crippen MR) is 123 cm³/mol. The molecule has 1 aliphatic rings. The SMILES string of the molecule is CS(=O)(=O)c1cc(F)cc(-c2cncc(-c3nc4c(F)cccc4[nH]3)c2N2CC[C@H](N)C2)c1. The lowest BCUT2D eigenvalue weighted by molar-refractivity contribution is 0.596. The largest absolute Gasteiger partial charge is 0.369 e. The van der Waals surface area contributed by atoms with Gasteiger partial charge in [0.1, 0.15) is 17.2 Å². The van der Waals surface area contributed by atoms with Crippen molar-refractivity contribution in [1.82, 2.24) is 15.0 Å². The second-order valence-electron chi connectivity index (χ2n) is 8.25. The number of nitrogens with one attached hydrogen (secondary N) is 1. The van der Waals surface area contributed by atoms with E-state index < -0.39 is 21.5 Å². The summed E-state index contributed by atoms with van der Waals surface area (Å²) in [5, 5.41) is 0. The Morgan fingerprint density at radius 3 is 2.64 bits per heavy atom. The number of aromatic amines is 1. The number of halogens is 2. The van der Waals surface area contributed by atoms with Gasteiger partial charge in [0.05, 0.1) is 21.7 Å². The molecule has 170 valence electrons. The summed E-state index contributed by atoms with van der Waals surface area (Å²) in [6.07, 6.45) is 4.96. The molecule has 0 radical (unpaired) electrons. The van der Waals surface area contributed by atoms with Crippen LogP contribution in [-0.4, -0.2) is 48.8 Å². The van der Waals surface area contributed by atoms with E-state index in [2.05, 4.69) is 15.0 Å². The molecule has 4 aromatic rings. The molecule has 1 atom stereocenters. The van der Waals surface area contributed by atoms with Gasteiger partial charge in [-0.05, 0) is 42.3 Å². The Morgan fingerprint density at radius 1 is 1.15 bits per heavy atom. The van der Waals surface area contributed by atoms with Crippen LogP contribution in [0.25, 0.3) is 33.5 Å². The maximum Gasteiger partial charge on any atom is 0.175 e. The molecule has 0 aliphatic carbocycles. The third-order valence-corrected chi connectivity index (χ3v) is 6.88. The average Bonchev–Trinajstić information content (AvgIpc) is 3.39. The summed E-state index contributed by atoms with van der Waals surface area (Å²) < 4.78 is 53.0. The summed E-state index contributed by atoms with van der Waals surface area (Å²) >= 11 is 0. The summed E-state index contributed by atoms with van der Waals surface area (Å²) in [6.45, 7) is 1.20. The standard InChI is InChI=1S/C23H21F2N5O2S/c1-33(31,32)16-8-13(7-14(24)9-16)17-10-27-11-18(22(17)30-6-5-15(26)12-30)23-28-20-4-2-3-19(25)21(20)29-23/h2-4,7-11,15H,5-6,12,26H2,1H3,(H,28,29)/t15-/m0/s1. The van der Waals surface area contributed by atoms with E-state index in [1.165, 1.54) is 18.2 Å². The van der Waals surface area contributed by atoms with Crippen LogP contribution in [-0.2, 0) is 9.84 Å². The molecule has 1 fully saturated rings. The summed E-state index contributed by atoms with van der Waals surface area (Å²) in [4.78, 5) is 13.8. The minimum absolute atomic E-state index is 0.0499. The second kappa shape index (κ2) is 7.89. The molecule has 0 unspecified atom stereocenters. The van der Waals surface area contributed by atoms with E-state index in [9.17, 15) is 17.2 Å². The van der Waals surface area contributed by atoms with Crippen LogP contribution in [0.4, 0.5) is 14.5 Å². The van der Waals surface area contributed by atoms with Crippen molar-refractivity contribution in [3.63, 3.8) is 0 Å². The number of nitrogens with zero attached hydrogens (tertiary/aromatic N) is 3. The van der Waals surface area contributed by atoms with Gasteiger partial charge in [-0.3, -0.25) is 4.98 Å². The number of hydrogen-bond acceptors (Lipinski definition) is 6. The highest BCUT2D eigenvalue weighted by atomic mass is 32.2. The number of H-pyrrole nitrogens is 1. The lowest BCUT2D eigenvalue weighted by atomic mass is 10.0. The summed E-state index contributed by atoms with van der Waals surface area (Å²) in [7, 11) is -3.64. The fraction of sp³-hybridized carbons (Fsp3) is 0.217. The number of fused-ring (bicyclic) bond motifs is 1. The number of rotatable bonds is 4. The topological polar surface area (TPSA) is 105 Å². The summed E-state index contributed by atoms with van der Waals surface area (Å²) in [6, 6.07) is 8.29. The second-order valence-corrected chi connectivity index (χ2v) is 10.3. The number of imidazole rings is 1. The first kappa shape index (κ1) is 21.5. The van der Waals surface area contributed by atoms with Gasteiger partial charge in [-0.2, -0.15) is 0 Å². The van der Waals surface area contributed by atoms with Gasteiger partial charge in [0, 0.05) is 43.3 Å². The van der Waals surface area contributed by atoms with Crippen LogP contribution in [0.15, 0.2) is 53.7 Å². The molecule has 1 aliphatic heterocycles. The molecule has 33 heavy (non-hydrogen) atoms. The molecule has 3 N–H and O–H groups in total. The number of benzene rings is 2. The van der Waals surface area contributed by atoms with Crippen molar-refractivity contribution in [2.24, 2.45) is 5.73 Å². The van der Waals surface area contributed by atoms with Gasteiger partial charge in [-0.15, -0.1) is 0 Å². The van der Waals surface area contributed by atoms with Crippen LogP contribution in [0.1, 0.15) is 6.42 Å². The molecule has 7 nitrogen and oxygen atoms in total. The number of pyridine rings is 1. The van der Waals surface area contributed by atoms with Gasteiger partial charge in [0.2, 0.25) is 0 Å². The molecule has 0 bridgehead atoms. The Hall–Kier alpha value is -3.37. The highest BCUT2D eigenvalue weighted by Gasteiger charge is 2.27. The van der Waals surface area contributed by atoms with Crippen LogP contribution in [0.2, 0.25) is 0 Å². The molecule has 10 heteroatoms. The van der Waals surface area contributed by atoms with E-state index in [0.717, 1.165) is 18.7 Å². The Kier molecular flexibility index (Phi) is 5.13. The van der Waals surface area contributed by atoms with Crippen molar-refractivity contribution in [3.8, 4) is 22.5 Å². The van der Waals surface area contributed by atoms with Crippen LogP contribution in [0.3, 0.4) is 0 Å². The molecule has 3 heterocycles. The lowest BCUT2D eigenvalue weighted by Gasteiger charge is -2.24. The molecule has 1 saturated heterocycles. The minimum atomic E-state index is -3.64. The number of nitrogens with two attached hydrogens (primary N) is 1. The zero-order valence-corrected chi connectivity index (χ0v) is 18.5. The van der Waals surface area contributed by atoms with Crippen LogP contribution in [0, 0.1) is 11.6 Å². The van der Waals surface area contributed by atoms with Gasteiger partial charge in [0.25, 0.3) is 0 Å². The highest BCUT2D eigenvalue weighted by molar-refractivity contribution is 7.90. The zero-order chi connectivity index (χ0) is 23.3. The van der Waals surface area contributed by atoms with Crippen LogP contribution >= 0.6 is 0 Å². The number of aromatic nitrogens is 3. The lowest BCUT2D eigenvalue weighted by Crippen LogP contribution is -2.27. The molecule has 2 aromatic carbocycles. The van der Waals surface area contributed by atoms with Crippen LogP contribution in [0.5, 0.6) is 0 Å². The van der Waals surface area contributed by atoms with Crippen molar-refractivity contribution >= 4 is 26.6 Å². The summed E-state index contributed by atoms with van der Waals surface area (Å²) in [5.41, 5.74) is 9.06. The van der Waals surface area contributed by atoms with Crippen LogP contribution < -0.4 is 10.6 Å². The predicted octanol–water partition coefficient (Wildman–Crippen LogP) is 3.51. The van der Waals surface area contributed by atoms with Gasteiger partial charge < -0.3 is 15.6 Å². The molecule has 0 spiro atoms. The number of anilines is 1. The Morgan fingerprint density at radius 2 is 1.94 bits per heavy atom. The normalized spacial score (nSPS) is 16.6. The van der Waals surface area contributed by atoms with E-state index in [4.69, 9.17) is 5.73 Å².